The molecule has 5 heteroatoms. The van der Waals surface area contributed by atoms with Crippen LogP contribution in [0.3, 0.4) is 0 Å². The van der Waals surface area contributed by atoms with Crippen molar-refractivity contribution in [2.45, 2.75) is 39.2 Å². The molecule has 1 aliphatic rings. The lowest BCUT2D eigenvalue weighted by molar-refractivity contribution is 0.0479. The minimum Gasteiger partial charge on any atom is -0.444 e. The van der Waals surface area contributed by atoms with E-state index in [0.29, 0.717) is 19.1 Å². The number of nitrogens with one attached hydrogen (secondary N) is 2. The molecule has 1 fully saturated rings. The van der Waals surface area contributed by atoms with Crippen LogP contribution < -0.4 is 10.6 Å². The van der Waals surface area contributed by atoms with Gasteiger partial charge >= 0.3 is 6.09 Å². The van der Waals surface area contributed by atoms with E-state index in [0.717, 1.165) is 19.7 Å². The molecule has 106 valence electrons. The second kappa shape index (κ2) is 7.59. The summed E-state index contributed by atoms with van der Waals surface area (Å²) in [7, 11) is 0. The number of carbonyl (C=O) groups is 1. The topological polar surface area (TPSA) is 59.6 Å². The largest absolute Gasteiger partial charge is 0.444 e. The van der Waals surface area contributed by atoms with Gasteiger partial charge < -0.3 is 20.1 Å². The molecule has 0 aromatic rings. The number of piperidine rings is 1. The van der Waals surface area contributed by atoms with Crippen molar-refractivity contribution in [2.75, 3.05) is 32.8 Å². The Balaban J connectivity index is 1.96. The van der Waals surface area contributed by atoms with E-state index in [1.165, 1.54) is 12.8 Å². The van der Waals surface area contributed by atoms with Crippen LogP contribution in [0.1, 0.15) is 33.6 Å². The highest BCUT2D eigenvalue weighted by molar-refractivity contribution is 5.67. The first-order valence-electron chi connectivity index (χ1n) is 6.73. The average Bonchev–Trinajstić information content (AvgIpc) is 2.27. The van der Waals surface area contributed by atoms with E-state index in [-0.39, 0.29) is 6.09 Å². The van der Waals surface area contributed by atoms with Crippen molar-refractivity contribution in [1.29, 1.82) is 0 Å². The molecule has 5 nitrogen and oxygen atoms in total. The molecule has 0 saturated carbocycles. The molecule has 0 radical (unpaired) electrons. The summed E-state index contributed by atoms with van der Waals surface area (Å²) in [6.45, 7) is 9.50. The Labute approximate surface area is 110 Å². The second-order valence-electron chi connectivity index (χ2n) is 5.72. The molecule has 1 rings (SSSR count). The van der Waals surface area contributed by atoms with Gasteiger partial charge in [0.15, 0.2) is 0 Å². The zero-order valence-electron chi connectivity index (χ0n) is 11.8. The van der Waals surface area contributed by atoms with Gasteiger partial charge in [-0.05, 0) is 46.1 Å². The van der Waals surface area contributed by atoms with E-state index in [2.05, 4.69) is 10.6 Å². The Morgan fingerprint density at radius 1 is 1.44 bits per heavy atom. The molecule has 1 saturated heterocycles. The highest BCUT2D eigenvalue weighted by Gasteiger charge is 2.16. The van der Waals surface area contributed by atoms with Gasteiger partial charge in [0.05, 0.1) is 13.2 Å². The van der Waals surface area contributed by atoms with Crippen molar-refractivity contribution in [3.8, 4) is 0 Å². The Kier molecular flexibility index (Phi) is 6.43. The number of ether oxygens (including phenoxy) is 2. The highest BCUT2D eigenvalue weighted by Crippen LogP contribution is 2.09. The molecule has 0 aliphatic carbocycles. The molecule has 0 spiro atoms. The monoisotopic (exact) mass is 258 g/mol. The molecule has 2 N–H and O–H groups in total. The van der Waals surface area contributed by atoms with E-state index in [4.69, 9.17) is 9.47 Å². The number of hydrogen-bond donors (Lipinski definition) is 2. The summed E-state index contributed by atoms with van der Waals surface area (Å²) >= 11 is 0. The van der Waals surface area contributed by atoms with Crippen molar-refractivity contribution >= 4 is 6.09 Å². The molecule has 0 aromatic heterocycles. The Hall–Kier alpha value is -0.810. The first-order chi connectivity index (χ1) is 8.47. The lowest BCUT2D eigenvalue weighted by atomic mass is 10.0. The van der Waals surface area contributed by atoms with Gasteiger partial charge in [0, 0.05) is 13.1 Å². The minimum atomic E-state index is -0.446. The summed E-state index contributed by atoms with van der Waals surface area (Å²) < 4.78 is 10.7. The SMILES string of the molecule is CC(C)(C)OC(=O)NCCOCC1CCCNC1. The van der Waals surface area contributed by atoms with Crippen molar-refractivity contribution in [2.24, 2.45) is 5.92 Å². The highest BCUT2D eigenvalue weighted by atomic mass is 16.6. The van der Waals surface area contributed by atoms with E-state index in [1.807, 2.05) is 20.8 Å². The molecule has 1 aliphatic heterocycles. The molecular formula is C13H26N2O3. The van der Waals surface area contributed by atoms with Crippen LogP contribution in [-0.4, -0.2) is 44.5 Å². The predicted molar refractivity (Wildman–Crippen MR) is 70.6 cm³/mol. The summed E-state index contributed by atoms with van der Waals surface area (Å²) in [5.41, 5.74) is -0.446. The minimum absolute atomic E-state index is 0.384. The maximum atomic E-state index is 11.3. The van der Waals surface area contributed by atoms with Crippen LogP contribution in [0.25, 0.3) is 0 Å². The van der Waals surface area contributed by atoms with Gasteiger partial charge in [-0.25, -0.2) is 4.79 Å². The summed E-state index contributed by atoms with van der Waals surface area (Å²) in [5.74, 6) is 0.611. The lowest BCUT2D eigenvalue weighted by Crippen LogP contribution is -2.35. The maximum Gasteiger partial charge on any atom is 0.407 e. The zero-order chi connectivity index (χ0) is 13.4. The van der Waals surface area contributed by atoms with Gasteiger partial charge in [-0.15, -0.1) is 0 Å². The van der Waals surface area contributed by atoms with Crippen molar-refractivity contribution < 1.29 is 14.3 Å². The fraction of sp³-hybridized carbons (Fsp3) is 0.923. The van der Waals surface area contributed by atoms with Crippen LogP contribution >= 0.6 is 0 Å². The lowest BCUT2D eigenvalue weighted by Gasteiger charge is -2.22. The zero-order valence-corrected chi connectivity index (χ0v) is 11.8. The number of hydrogen-bond acceptors (Lipinski definition) is 4. The van der Waals surface area contributed by atoms with Gasteiger partial charge in [-0.2, -0.15) is 0 Å². The second-order valence-corrected chi connectivity index (χ2v) is 5.72. The summed E-state index contributed by atoms with van der Waals surface area (Å²) in [6, 6.07) is 0. The van der Waals surface area contributed by atoms with Crippen LogP contribution in [0, 0.1) is 5.92 Å². The van der Waals surface area contributed by atoms with Crippen LogP contribution in [0.2, 0.25) is 0 Å². The first-order valence-corrected chi connectivity index (χ1v) is 6.73. The van der Waals surface area contributed by atoms with E-state index < -0.39 is 5.60 Å². The molecule has 18 heavy (non-hydrogen) atoms. The Morgan fingerprint density at radius 3 is 2.83 bits per heavy atom. The van der Waals surface area contributed by atoms with Gasteiger partial charge in [-0.1, -0.05) is 0 Å². The van der Waals surface area contributed by atoms with Crippen molar-refractivity contribution in [3.63, 3.8) is 0 Å². The fourth-order valence-corrected chi connectivity index (χ4v) is 1.86. The van der Waals surface area contributed by atoms with Gasteiger partial charge in [0.1, 0.15) is 5.60 Å². The third-order valence-electron chi connectivity index (χ3n) is 2.67. The van der Waals surface area contributed by atoms with Gasteiger partial charge in [0.25, 0.3) is 0 Å². The molecule has 1 unspecified atom stereocenters. The predicted octanol–water partition coefficient (Wildman–Crippen LogP) is 1.53. The number of amides is 1. The Morgan fingerprint density at radius 2 is 2.22 bits per heavy atom. The van der Waals surface area contributed by atoms with Crippen LogP contribution in [0.15, 0.2) is 0 Å². The fourth-order valence-electron chi connectivity index (χ4n) is 1.86. The number of alkyl carbamates (subject to hydrolysis) is 1. The standard InChI is InChI=1S/C13H26N2O3/c1-13(2,3)18-12(16)15-7-8-17-10-11-5-4-6-14-9-11/h11,14H,4-10H2,1-3H3,(H,15,16). The maximum absolute atomic E-state index is 11.3. The normalized spacial score (nSPS) is 20.5. The van der Waals surface area contributed by atoms with Gasteiger partial charge in [-0.3, -0.25) is 0 Å². The molecule has 0 aromatic carbocycles. The van der Waals surface area contributed by atoms with E-state index in [9.17, 15) is 4.79 Å². The molecular weight excluding hydrogens is 232 g/mol. The summed E-state index contributed by atoms with van der Waals surface area (Å²) in [5, 5.41) is 6.03. The van der Waals surface area contributed by atoms with Crippen molar-refractivity contribution in [3.05, 3.63) is 0 Å². The van der Waals surface area contributed by atoms with Crippen molar-refractivity contribution in [1.82, 2.24) is 10.6 Å². The first kappa shape index (κ1) is 15.2. The quantitative estimate of drug-likeness (QED) is 0.734. The smallest absolute Gasteiger partial charge is 0.407 e. The molecule has 0 bridgehead atoms. The van der Waals surface area contributed by atoms with E-state index in [1.54, 1.807) is 0 Å². The third-order valence-corrected chi connectivity index (χ3v) is 2.67. The van der Waals surface area contributed by atoms with Crippen LogP contribution in [0.4, 0.5) is 4.79 Å². The number of rotatable bonds is 5. The number of carbonyl (C=O) groups excluding carboxylic acids is 1. The molecule has 1 heterocycles. The molecule has 1 amide bonds. The van der Waals surface area contributed by atoms with E-state index >= 15 is 0 Å². The third kappa shape index (κ3) is 7.50. The average molecular weight is 258 g/mol. The Bertz CT molecular complexity index is 245. The van der Waals surface area contributed by atoms with Gasteiger partial charge in [0.2, 0.25) is 0 Å². The summed E-state index contributed by atoms with van der Waals surface area (Å²) in [6.07, 6.45) is 2.07. The molecule has 1 atom stereocenters. The van der Waals surface area contributed by atoms with Crippen LogP contribution in [-0.2, 0) is 9.47 Å². The van der Waals surface area contributed by atoms with Crippen LogP contribution in [0.5, 0.6) is 0 Å². The summed E-state index contributed by atoms with van der Waals surface area (Å²) in [4.78, 5) is 11.3.